The Hall–Kier alpha value is -2.39. The van der Waals surface area contributed by atoms with Gasteiger partial charge in [-0.25, -0.2) is 0 Å². The fourth-order valence-corrected chi connectivity index (χ4v) is 2.04. The van der Waals surface area contributed by atoms with Gasteiger partial charge in [0, 0.05) is 0 Å². The van der Waals surface area contributed by atoms with Gasteiger partial charge in [0.15, 0.2) is 0 Å². The van der Waals surface area contributed by atoms with Crippen LogP contribution < -0.4 is 4.74 Å². The Labute approximate surface area is 134 Å². The molecule has 0 amide bonds. The molecular weight excluding hydrogens is 367 g/mol. The van der Waals surface area contributed by atoms with Crippen molar-refractivity contribution in [1.29, 1.82) is 0 Å². The monoisotopic (exact) mass is 374 g/mol. The highest BCUT2D eigenvalue weighted by Crippen LogP contribution is 2.41. The van der Waals surface area contributed by atoms with Crippen LogP contribution in [0.3, 0.4) is 0 Å². The van der Waals surface area contributed by atoms with Crippen LogP contribution in [0.5, 0.6) is 5.75 Å². The topological polar surface area (TPSA) is 9.23 Å². The lowest BCUT2D eigenvalue weighted by Crippen LogP contribution is -2.17. The molecule has 25 heavy (non-hydrogen) atoms. The van der Waals surface area contributed by atoms with Crippen LogP contribution in [-0.4, -0.2) is 6.36 Å². The lowest BCUT2D eigenvalue weighted by atomic mass is 9.97. The molecule has 0 saturated heterocycles. The van der Waals surface area contributed by atoms with Gasteiger partial charge in [-0.2, -0.15) is 26.3 Å². The molecule has 2 rings (SSSR count). The first-order valence-corrected chi connectivity index (χ1v) is 6.42. The number of ether oxygens (including phenoxy) is 1. The van der Waals surface area contributed by atoms with E-state index in [9.17, 15) is 39.5 Å². The maximum Gasteiger partial charge on any atom is 0.573 e. The molecule has 2 aromatic rings. The predicted octanol–water partition coefficient (Wildman–Crippen LogP) is 6.29. The van der Waals surface area contributed by atoms with E-state index in [4.69, 9.17) is 0 Å². The third-order valence-corrected chi connectivity index (χ3v) is 3.05. The Morgan fingerprint density at radius 3 is 1.64 bits per heavy atom. The fraction of sp³-hybridized carbons (Fsp3) is 0.200. The molecule has 136 valence electrons. The van der Waals surface area contributed by atoms with E-state index in [2.05, 4.69) is 4.74 Å². The van der Waals surface area contributed by atoms with Gasteiger partial charge in [-0.05, 0) is 35.4 Å². The number of rotatable bonds is 2. The van der Waals surface area contributed by atoms with Crippen molar-refractivity contribution in [2.75, 3.05) is 0 Å². The lowest BCUT2D eigenvalue weighted by Gasteiger charge is -2.16. The van der Waals surface area contributed by atoms with E-state index in [-0.39, 0.29) is 11.6 Å². The molecule has 0 fully saturated rings. The second kappa shape index (κ2) is 6.16. The molecule has 0 aromatic heterocycles. The predicted molar refractivity (Wildman–Crippen MR) is 68.6 cm³/mol. The van der Waals surface area contributed by atoms with Crippen molar-refractivity contribution in [2.45, 2.75) is 18.7 Å². The van der Waals surface area contributed by atoms with Crippen molar-refractivity contribution in [3.05, 3.63) is 53.6 Å². The summed E-state index contributed by atoms with van der Waals surface area (Å²) in [6, 6.07) is 4.34. The van der Waals surface area contributed by atoms with Crippen molar-refractivity contribution in [1.82, 2.24) is 0 Å². The number of benzene rings is 2. The summed E-state index contributed by atoms with van der Waals surface area (Å²) in [6.45, 7) is 0. The summed E-state index contributed by atoms with van der Waals surface area (Å²) in [5, 5.41) is 0. The number of alkyl halides is 9. The average Bonchev–Trinajstić information content (AvgIpc) is 2.44. The quantitative estimate of drug-likeness (QED) is 0.562. The van der Waals surface area contributed by atoms with Crippen LogP contribution in [0.15, 0.2) is 42.5 Å². The zero-order valence-corrected chi connectivity index (χ0v) is 11.9. The maximum absolute atomic E-state index is 13.1. The molecule has 0 aliphatic rings. The number of hydrogen-bond acceptors (Lipinski definition) is 1. The van der Waals surface area contributed by atoms with Crippen LogP contribution in [0.2, 0.25) is 0 Å². The first-order valence-electron chi connectivity index (χ1n) is 6.42. The third kappa shape index (κ3) is 4.80. The van der Waals surface area contributed by atoms with Gasteiger partial charge in [0.25, 0.3) is 0 Å². The van der Waals surface area contributed by atoms with Crippen molar-refractivity contribution >= 4 is 0 Å². The smallest absolute Gasteiger partial charge is 0.406 e. The van der Waals surface area contributed by atoms with Crippen molar-refractivity contribution in [2.24, 2.45) is 0 Å². The Morgan fingerprint density at radius 2 is 1.20 bits per heavy atom. The summed E-state index contributed by atoms with van der Waals surface area (Å²) in [5.74, 6) is -0.670. The summed E-state index contributed by atoms with van der Waals surface area (Å²) in [6.07, 6.45) is -15.0. The van der Waals surface area contributed by atoms with Crippen molar-refractivity contribution in [3.63, 3.8) is 0 Å². The first-order chi connectivity index (χ1) is 11.3. The molecule has 0 unspecified atom stereocenters. The molecule has 0 bridgehead atoms. The van der Waals surface area contributed by atoms with Crippen LogP contribution in [0, 0.1) is 0 Å². The third-order valence-electron chi connectivity index (χ3n) is 3.05. The van der Waals surface area contributed by atoms with E-state index in [1.807, 2.05) is 0 Å². The molecule has 0 atom stereocenters. The van der Waals surface area contributed by atoms with Gasteiger partial charge < -0.3 is 4.74 Å². The second-order valence-corrected chi connectivity index (χ2v) is 4.83. The second-order valence-electron chi connectivity index (χ2n) is 4.83. The van der Waals surface area contributed by atoms with Crippen LogP contribution in [0.1, 0.15) is 11.1 Å². The minimum Gasteiger partial charge on any atom is -0.406 e. The van der Waals surface area contributed by atoms with Crippen LogP contribution in [0.25, 0.3) is 11.1 Å². The average molecular weight is 374 g/mol. The Kier molecular flexibility index (Phi) is 4.67. The van der Waals surface area contributed by atoms with Gasteiger partial charge in [-0.15, -0.1) is 13.2 Å². The zero-order chi connectivity index (χ0) is 19.0. The molecule has 0 N–H and O–H groups in total. The minimum absolute atomic E-state index is 0.0462. The Balaban J connectivity index is 2.48. The number of hydrogen-bond donors (Lipinski definition) is 0. The summed E-state index contributed by atoms with van der Waals surface area (Å²) >= 11 is 0. The van der Waals surface area contributed by atoms with Gasteiger partial charge in [0.1, 0.15) is 5.75 Å². The van der Waals surface area contributed by atoms with Crippen LogP contribution >= 0.6 is 0 Å². The first kappa shape index (κ1) is 18.9. The van der Waals surface area contributed by atoms with Crippen LogP contribution in [0.4, 0.5) is 39.5 Å². The van der Waals surface area contributed by atoms with Gasteiger partial charge in [-0.3, -0.25) is 0 Å². The van der Waals surface area contributed by atoms with E-state index in [0.717, 1.165) is 24.3 Å². The van der Waals surface area contributed by atoms with E-state index < -0.39 is 41.2 Å². The van der Waals surface area contributed by atoms with Crippen molar-refractivity contribution < 1.29 is 44.3 Å². The van der Waals surface area contributed by atoms with Gasteiger partial charge in [-0.1, -0.05) is 18.2 Å². The van der Waals surface area contributed by atoms with Crippen molar-refractivity contribution in [3.8, 4) is 16.9 Å². The SMILES string of the molecule is FC(F)(F)Oc1ccc(-c2ccc(C(F)(F)F)cc2C(F)(F)F)cc1. The molecule has 10 heteroatoms. The maximum atomic E-state index is 13.1. The molecule has 0 spiro atoms. The standard InChI is InChI=1S/C15H7F9O/c16-13(17,18)9-3-6-11(12(7-9)14(19,20)21)8-1-4-10(5-2-8)25-15(22,23)24/h1-7H. The van der Waals surface area contributed by atoms with Gasteiger partial charge in [0.2, 0.25) is 0 Å². The van der Waals surface area contributed by atoms with E-state index in [1.54, 1.807) is 0 Å². The number of halogens is 9. The highest BCUT2D eigenvalue weighted by molar-refractivity contribution is 5.69. The summed E-state index contributed by atoms with van der Waals surface area (Å²) in [5.41, 5.74) is -3.85. The fourth-order valence-electron chi connectivity index (χ4n) is 2.04. The van der Waals surface area contributed by atoms with E-state index in [1.165, 1.54) is 0 Å². The molecule has 0 radical (unpaired) electrons. The zero-order valence-electron chi connectivity index (χ0n) is 11.9. The molecule has 2 aromatic carbocycles. The van der Waals surface area contributed by atoms with Crippen LogP contribution in [-0.2, 0) is 12.4 Å². The molecule has 1 nitrogen and oxygen atoms in total. The molecule has 0 aliphatic heterocycles. The largest absolute Gasteiger partial charge is 0.573 e. The molecule has 0 saturated carbocycles. The molecule has 0 heterocycles. The highest BCUT2D eigenvalue weighted by atomic mass is 19.4. The summed E-state index contributed by atoms with van der Waals surface area (Å²) in [7, 11) is 0. The minimum atomic E-state index is -5.09. The molecular formula is C15H7F9O. The highest BCUT2D eigenvalue weighted by Gasteiger charge is 2.38. The Morgan fingerprint density at radius 1 is 0.640 bits per heavy atom. The summed E-state index contributed by atoms with van der Waals surface area (Å²) < 4.78 is 117. The Bertz CT molecular complexity index is 740. The lowest BCUT2D eigenvalue weighted by molar-refractivity contribution is -0.274. The van der Waals surface area contributed by atoms with Gasteiger partial charge >= 0.3 is 18.7 Å². The van der Waals surface area contributed by atoms with E-state index in [0.29, 0.717) is 12.1 Å². The normalized spacial score (nSPS) is 13.0. The van der Waals surface area contributed by atoms with E-state index >= 15 is 0 Å². The summed E-state index contributed by atoms with van der Waals surface area (Å²) in [4.78, 5) is 0. The van der Waals surface area contributed by atoms with Gasteiger partial charge in [0.05, 0.1) is 11.1 Å². The molecule has 0 aliphatic carbocycles.